The summed E-state index contributed by atoms with van der Waals surface area (Å²) in [6.07, 6.45) is 1.57. The number of rotatable bonds is 6. The monoisotopic (exact) mass is 394 g/mol. The zero-order valence-corrected chi connectivity index (χ0v) is 15.8. The maximum atomic E-state index is 13.0. The van der Waals surface area contributed by atoms with Crippen molar-refractivity contribution in [1.29, 1.82) is 0 Å². The molecule has 0 aliphatic heterocycles. The number of furan rings is 1. The second kappa shape index (κ2) is 7.78. The highest BCUT2D eigenvalue weighted by Gasteiger charge is 2.22. The number of carbonyl (C=O) groups is 1. The van der Waals surface area contributed by atoms with E-state index in [9.17, 15) is 4.79 Å². The Morgan fingerprint density at radius 2 is 1.81 bits per heavy atom. The van der Waals surface area contributed by atoms with Crippen LogP contribution in [0.15, 0.2) is 77.4 Å². The van der Waals surface area contributed by atoms with Gasteiger partial charge in [-0.2, -0.15) is 0 Å². The van der Waals surface area contributed by atoms with E-state index in [1.165, 1.54) is 11.3 Å². The molecule has 0 radical (unpaired) electrons. The van der Waals surface area contributed by atoms with Crippen LogP contribution in [0, 0.1) is 0 Å². The molecule has 6 heteroatoms. The van der Waals surface area contributed by atoms with Gasteiger partial charge in [-0.1, -0.05) is 71.5 Å². The van der Waals surface area contributed by atoms with Gasteiger partial charge >= 0.3 is 0 Å². The molecule has 2 heterocycles. The van der Waals surface area contributed by atoms with Crippen LogP contribution in [0.5, 0.6) is 0 Å². The molecule has 2 aromatic carbocycles. The van der Waals surface area contributed by atoms with Crippen molar-refractivity contribution in [2.45, 2.75) is 6.54 Å². The Balaban J connectivity index is 1.66. The molecule has 2 aromatic heterocycles. The fourth-order valence-electron chi connectivity index (χ4n) is 2.66. The minimum Gasteiger partial charge on any atom is -0.463 e. The molecule has 0 saturated carbocycles. The van der Waals surface area contributed by atoms with E-state index < -0.39 is 0 Å². The number of ketones is 1. The van der Waals surface area contributed by atoms with Crippen molar-refractivity contribution >= 4 is 33.9 Å². The first kappa shape index (κ1) is 17.5. The number of hydrogen-bond donors (Lipinski definition) is 1. The van der Waals surface area contributed by atoms with Crippen LogP contribution in [0.3, 0.4) is 0 Å². The molecule has 4 rings (SSSR count). The third-order valence-corrected chi connectivity index (χ3v) is 5.39. The fraction of sp³-hybridized carbons (Fsp3) is 0.0476. The number of anilines is 1. The van der Waals surface area contributed by atoms with Crippen LogP contribution in [-0.4, -0.2) is 10.8 Å². The molecule has 0 atom stereocenters. The topological polar surface area (TPSA) is 55.1 Å². The van der Waals surface area contributed by atoms with Gasteiger partial charge in [-0.3, -0.25) is 4.79 Å². The maximum absolute atomic E-state index is 13.0. The molecule has 4 nitrogen and oxygen atoms in total. The summed E-state index contributed by atoms with van der Waals surface area (Å²) in [6.45, 7) is 0.518. The van der Waals surface area contributed by atoms with Crippen molar-refractivity contribution < 1.29 is 9.21 Å². The standard InChI is InChI=1S/C21H15ClN2O2S/c22-16-10-5-4-9-15(16)13-23-21-24-18(17-11-6-12-26-17)20(27-21)19(25)14-7-2-1-3-8-14/h1-12H,13H2,(H,23,24). The molecule has 1 N–H and O–H groups in total. The molecule has 0 aliphatic rings. The highest BCUT2D eigenvalue weighted by Crippen LogP contribution is 2.33. The number of aromatic nitrogens is 1. The van der Waals surface area contributed by atoms with Gasteiger partial charge in [0, 0.05) is 17.1 Å². The first-order valence-corrected chi connectivity index (χ1v) is 9.53. The quantitative estimate of drug-likeness (QED) is 0.413. The van der Waals surface area contributed by atoms with E-state index >= 15 is 0 Å². The van der Waals surface area contributed by atoms with Crippen molar-refractivity contribution in [3.05, 3.63) is 94.0 Å². The van der Waals surface area contributed by atoms with E-state index in [4.69, 9.17) is 16.0 Å². The van der Waals surface area contributed by atoms with Gasteiger partial charge in [-0.05, 0) is 23.8 Å². The average Bonchev–Trinajstić information content (AvgIpc) is 3.37. The number of thiazole rings is 1. The van der Waals surface area contributed by atoms with E-state index in [-0.39, 0.29) is 5.78 Å². The van der Waals surface area contributed by atoms with Gasteiger partial charge in [0.05, 0.1) is 6.26 Å². The molecule has 4 aromatic rings. The molecule has 0 saturated heterocycles. The van der Waals surface area contributed by atoms with Crippen molar-refractivity contribution in [1.82, 2.24) is 4.98 Å². The largest absolute Gasteiger partial charge is 0.463 e. The summed E-state index contributed by atoms with van der Waals surface area (Å²) in [7, 11) is 0. The van der Waals surface area contributed by atoms with E-state index in [1.807, 2.05) is 42.5 Å². The predicted octanol–water partition coefficient (Wildman–Crippen LogP) is 5.90. The molecule has 134 valence electrons. The number of halogens is 1. The Hall–Kier alpha value is -2.89. The van der Waals surface area contributed by atoms with Crippen molar-refractivity contribution in [2.24, 2.45) is 0 Å². The molecule has 0 fully saturated rings. The van der Waals surface area contributed by atoms with Crippen LogP contribution < -0.4 is 5.32 Å². The van der Waals surface area contributed by atoms with Crippen LogP contribution in [0.2, 0.25) is 5.02 Å². The Kier molecular flexibility index (Phi) is 5.05. The third kappa shape index (κ3) is 3.79. The van der Waals surface area contributed by atoms with Gasteiger partial charge in [0.2, 0.25) is 5.78 Å². The fourth-order valence-corrected chi connectivity index (χ4v) is 3.79. The number of benzene rings is 2. The van der Waals surface area contributed by atoms with Crippen LogP contribution in [0.4, 0.5) is 5.13 Å². The number of nitrogens with one attached hydrogen (secondary N) is 1. The summed E-state index contributed by atoms with van der Waals surface area (Å²) < 4.78 is 5.48. The van der Waals surface area contributed by atoms with Crippen LogP contribution in [0.25, 0.3) is 11.5 Å². The maximum Gasteiger partial charge on any atom is 0.205 e. The summed E-state index contributed by atoms with van der Waals surface area (Å²) in [4.78, 5) is 18.1. The SMILES string of the molecule is O=C(c1ccccc1)c1sc(NCc2ccccc2Cl)nc1-c1ccco1. The predicted molar refractivity (Wildman–Crippen MR) is 108 cm³/mol. The second-order valence-corrected chi connectivity index (χ2v) is 7.22. The lowest BCUT2D eigenvalue weighted by Crippen LogP contribution is -2.00. The van der Waals surface area contributed by atoms with Crippen LogP contribution >= 0.6 is 22.9 Å². The molecule has 0 bridgehead atoms. The normalized spacial score (nSPS) is 10.7. The summed E-state index contributed by atoms with van der Waals surface area (Å²) >= 11 is 7.52. The lowest BCUT2D eigenvalue weighted by atomic mass is 10.1. The Bertz CT molecular complexity index is 1060. The first-order chi connectivity index (χ1) is 13.2. The number of hydrogen-bond acceptors (Lipinski definition) is 5. The summed E-state index contributed by atoms with van der Waals surface area (Å²) in [5.74, 6) is 0.488. The van der Waals surface area contributed by atoms with E-state index in [1.54, 1.807) is 30.5 Å². The van der Waals surface area contributed by atoms with Gasteiger partial charge in [0.25, 0.3) is 0 Å². The Morgan fingerprint density at radius 1 is 1.04 bits per heavy atom. The number of nitrogens with zero attached hydrogens (tertiary/aromatic N) is 1. The van der Waals surface area contributed by atoms with Crippen LogP contribution in [-0.2, 0) is 6.54 Å². The van der Waals surface area contributed by atoms with E-state index in [0.717, 1.165) is 5.56 Å². The molecular weight excluding hydrogens is 380 g/mol. The van der Waals surface area contributed by atoms with Gasteiger partial charge in [-0.15, -0.1) is 0 Å². The van der Waals surface area contributed by atoms with E-state index in [2.05, 4.69) is 10.3 Å². The molecule has 0 spiro atoms. The van der Waals surface area contributed by atoms with Crippen molar-refractivity contribution in [3.63, 3.8) is 0 Å². The second-order valence-electron chi connectivity index (χ2n) is 5.81. The highest BCUT2D eigenvalue weighted by molar-refractivity contribution is 7.18. The molecule has 0 unspecified atom stereocenters. The lowest BCUT2D eigenvalue weighted by molar-refractivity contribution is 0.104. The van der Waals surface area contributed by atoms with Gasteiger partial charge in [0.1, 0.15) is 10.6 Å². The molecular formula is C21H15ClN2O2S. The zero-order chi connectivity index (χ0) is 18.6. The van der Waals surface area contributed by atoms with Crippen molar-refractivity contribution in [2.75, 3.05) is 5.32 Å². The Labute approximate surface area is 165 Å². The highest BCUT2D eigenvalue weighted by atomic mass is 35.5. The smallest absolute Gasteiger partial charge is 0.205 e. The minimum atomic E-state index is -0.0784. The van der Waals surface area contributed by atoms with Gasteiger partial charge < -0.3 is 9.73 Å². The summed E-state index contributed by atoms with van der Waals surface area (Å²) in [5.41, 5.74) is 2.12. The summed E-state index contributed by atoms with van der Waals surface area (Å²) in [5, 5.41) is 4.59. The van der Waals surface area contributed by atoms with Crippen LogP contribution in [0.1, 0.15) is 20.8 Å². The summed E-state index contributed by atoms with van der Waals surface area (Å²) in [6, 6.07) is 20.4. The average molecular weight is 395 g/mol. The molecule has 0 aliphatic carbocycles. The zero-order valence-electron chi connectivity index (χ0n) is 14.2. The van der Waals surface area contributed by atoms with Gasteiger partial charge in [-0.25, -0.2) is 4.98 Å². The lowest BCUT2D eigenvalue weighted by Gasteiger charge is -2.04. The number of carbonyl (C=O) groups excluding carboxylic acids is 1. The third-order valence-electron chi connectivity index (χ3n) is 4.01. The van der Waals surface area contributed by atoms with Crippen molar-refractivity contribution in [3.8, 4) is 11.5 Å². The molecule has 27 heavy (non-hydrogen) atoms. The van der Waals surface area contributed by atoms with E-state index in [0.29, 0.717) is 38.6 Å². The first-order valence-electron chi connectivity index (χ1n) is 8.34. The Morgan fingerprint density at radius 3 is 2.56 bits per heavy atom. The molecule has 0 amide bonds. The van der Waals surface area contributed by atoms with Gasteiger partial charge in [0.15, 0.2) is 10.9 Å². The minimum absolute atomic E-state index is 0.0784.